The SMILES string of the molecule is COc1cc(CC(=O)OCC(=O)N[C@H](C)C2CC2)cc(OC)c1OC. The molecule has 1 aromatic rings. The minimum Gasteiger partial charge on any atom is -0.493 e. The molecular formula is C18H25NO6. The van der Waals surface area contributed by atoms with Crippen molar-refractivity contribution >= 4 is 11.9 Å². The minimum absolute atomic E-state index is 0.00216. The number of rotatable bonds is 9. The van der Waals surface area contributed by atoms with Crippen LogP contribution in [0.25, 0.3) is 0 Å². The highest BCUT2D eigenvalue weighted by atomic mass is 16.5. The molecule has 1 atom stereocenters. The van der Waals surface area contributed by atoms with E-state index in [4.69, 9.17) is 18.9 Å². The second-order valence-corrected chi connectivity index (χ2v) is 6.06. The molecule has 1 aliphatic rings. The third kappa shape index (κ3) is 5.27. The topological polar surface area (TPSA) is 83.1 Å². The normalized spacial score (nSPS) is 14.4. The molecule has 2 rings (SSSR count). The number of nitrogens with one attached hydrogen (secondary N) is 1. The van der Waals surface area contributed by atoms with Crippen molar-refractivity contribution in [1.29, 1.82) is 0 Å². The second-order valence-electron chi connectivity index (χ2n) is 6.06. The first kappa shape index (κ1) is 18.9. The largest absolute Gasteiger partial charge is 0.493 e. The summed E-state index contributed by atoms with van der Waals surface area (Å²) in [5.74, 6) is 1.15. The summed E-state index contributed by atoms with van der Waals surface area (Å²) < 4.78 is 20.8. The maximum Gasteiger partial charge on any atom is 0.310 e. The van der Waals surface area contributed by atoms with Crippen LogP contribution >= 0.6 is 0 Å². The zero-order valence-electron chi connectivity index (χ0n) is 15.1. The first-order valence-electron chi connectivity index (χ1n) is 8.22. The molecule has 1 N–H and O–H groups in total. The Bertz CT molecular complexity index is 601. The standard InChI is InChI=1S/C18H25NO6/c1-11(13-5-6-13)19-16(20)10-25-17(21)9-12-7-14(22-2)18(24-4)15(8-12)23-3/h7-8,11,13H,5-6,9-10H2,1-4H3,(H,19,20)/t11-/m1/s1. The maximum absolute atomic E-state index is 12.0. The van der Waals surface area contributed by atoms with Gasteiger partial charge in [0.15, 0.2) is 18.1 Å². The van der Waals surface area contributed by atoms with E-state index < -0.39 is 5.97 Å². The smallest absolute Gasteiger partial charge is 0.310 e. The molecule has 7 heteroatoms. The number of carbonyl (C=O) groups is 2. The van der Waals surface area contributed by atoms with Gasteiger partial charge in [-0.1, -0.05) is 0 Å². The molecule has 1 saturated carbocycles. The summed E-state index contributed by atoms with van der Waals surface area (Å²) in [6.07, 6.45) is 2.28. The Hall–Kier alpha value is -2.44. The predicted molar refractivity (Wildman–Crippen MR) is 91.1 cm³/mol. The van der Waals surface area contributed by atoms with Crippen LogP contribution in [0.3, 0.4) is 0 Å². The summed E-state index contributed by atoms with van der Waals surface area (Å²) in [5, 5.41) is 2.84. The fourth-order valence-electron chi connectivity index (χ4n) is 2.61. The van der Waals surface area contributed by atoms with E-state index >= 15 is 0 Å². The van der Waals surface area contributed by atoms with E-state index in [0.717, 1.165) is 12.8 Å². The van der Waals surface area contributed by atoms with Gasteiger partial charge in [0.1, 0.15) is 0 Å². The van der Waals surface area contributed by atoms with Crippen LogP contribution in [0.15, 0.2) is 12.1 Å². The second kappa shape index (κ2) is 8.60. The Morgan fingerprint density at radius 3 is 2.20 bits per heavy atom. The van der Waals surface area contributed by atoms with E-state index in [0.29, 0.717) is 28.7 Å². The van der Waals surface area contributed by atoms with Crippen molar-refractivity contribution in [1.82, 2.24) is 5.32 Å². The van der Waals surface area contributed by atoms with E-state index in [1.165, 1.54) is 21.3 Å². The molecule has 138 valence electrons. The summed E-state index contributed by atoms with van der Waals surface area (Å²) >= 11 is 0. The molecule has 25 heavy (non-hydrogen) atoms. The van der Waals surface area contributed by atoms with Crippen molar-refractivity contribution in [2.24, 2.45) is 5.92 Å². The molecule has 0 spiro atoms. The molecular weight excluding hydrogens is 326 g/mol. The Kier molecular flexibility index (Phi) is 6.50. The number of ether oxygens (including phenoxy) is 4. The molecule has 1 aliphatic carbocycles. The van der Waals surface area contributed by atoms with E-state index in [1.807, 2.05) is 6.92 Å². The fraction of sp³-hybridized carbons (Fsp3) is 0.556. The van der Waals surface area contributed by atoms with Crippen LogP contribution < -0.4 is 19.5 Å². The van der Waals surface area contributed by atoms with Crippen molar-refractivity contribution in [3.63, 3.8) is 0 Å². The van der Waals surface area contributed by atoms with Gasteiger partial charge < -0.3 is 24.3 Å². The molecule has 1 aromatic carbocycles. The van der Waals surface area contributed by atoms with Gasteiger partial charge in [-0.05, 0) is 43.4 Å². The number of hydrogen-bond donors (Lipinski definition) is 1. The maximum atomic E-state index is 12.0. The average molecular weight is 351 g/mol. The summed E-state index contributed by atoms with van der Waals surface area (Å²) in [4.78, 5) is 23.8. The highest BCUT2D eigenvalue weighted by Gasteiger charge is 2.29. The van der Waals surface area contributed by atoms with Gasteiger partial charge in [-0.2, -0.15) is 0 Å². The van der Waals surface area contributed by atoms with Crippen LogP contribution in [0, 0.1) is 5.92 Å². The number of esters is 1. The molecule has 0 saturated heterocycles. The summed E-state index contributed by atoms with van der Waals surface area (Å²) in [7, 11) is 4.52. The Morgan fingerprint density at radius 2 is 1.72 bits per heavy atom. The molecule has 0 bridgehead atoms. The summed E-state index contributed by atoms with van der Waals surface area (Å²) in [5.41, 5.74) is 0.645. The van der Waals surface area contributed by atoms with E-state index in [1.54, 1.807) is 12.1 Å². The Morgan fingerprint density at radius 1 is 1.12 bits per heavy atom. The summed E-state index contributed by atoms with van der Waals surface area (Å²) in [6, 6.07) is 3.48. The van der Waals surface area contributed by atoms with Gasteiger partial charge in [-0.15, -0.1) is 0 Å². The first-order chi connectivity index (χ1) is 12.0. The third-order valence-corrected chi connectivity index (χ3v) is 4.16. The number of benzene rings is 1. The van der Waals surface area contributed by atoms with Crippen LogP contribution in [0.5, 0.6) is 17.2 Å². The lowest BCUT2D eigenvalue weighted by atomic mass is 10.1. The van der Waals surface area contributed by atoms with Gasteiger partial charge in [-0.3, -0.25) is 9.59 Å². The monoisotopic (exact) mass is 351 g/mol. The lowest BCUT2D eigenvalue weighted by Crippen LogP contribution is -2.37. The van der Waals surface area contributed by atoms with Crippen molar-refractivity contribution in [3.05, 3.63) is 17.7 Å². The molecule has 0 aliphatic heterocycles. The van der Waals surface area contributed by atoms with Crippen LogP contribution in [-0.2, 0) is 20.7 Å². The Labute approximate surface area is 147 Å². The fourth-order valence-corrected chi connectivity index (χ4v) is 2.61. The number of hydrogen-bond acceptors (Lipinski definition) is 6. The number of methoxy groups -OCH3 is 3. The molecule has 0 radical (unpaired) electrons. The van der Waals surface area contributed by atoms with E-state index in [2.05, 4.69) is 5.32 Å². The molecule has 0 heterocycles. The lowest BCUT2D eigenvalue weighted by molar-refractivity contribution is -0.148. The van der Waals surface area contributed by atoms with Crippen molar-refractivity contribution in [3.8, 4) is 17.2 Å². The lowest BCUT2D eigenvalue weighted by Gasteiger charge is -2.14. The van der Waals surface area contributed by atoms with Crippen LogP contribution in [0.1, 0.15) is 25.3 Å². The molecule has 0 aromatic heterocycles. The van der Waals surface area contributed by atoms with Gasteiger partial charge in [0.2, 0.25) is 5.75 Å². The number of amides is 1. The van der Waals surface area contributed by atoms with Crippen molar-refractivity contribution in [2.45, 2.75) is 32.2 Å². The third-order valence-electron chi connectivity index (χ3n) is 4.16. The van der Waals surface area contributed by atoms with E-state index in [-0.39, 0.29) is 25.0 Å². The van der Waals surface area contributed by atoms with Crippen LogP contribution in [0.2, 0.25) is 0 Å². The van der Waals surface area contributed by atoms with Gasteiger partial charge in [0, 0.05) is 6.04 Å². The summed E-state index contributed by atoms with van der Waals surface area (Å²) in [6.45, 7) is 1.69. The van der Waals surface area contributed by atoms with Gasteiger partial charge >= 0.3 is 5.97 Å². The highest BCUT2D eigenvalue weighted by molar-refractivity contribution is 5.81. The average Bonchev–Trinajstić information content (AvgIpc) is 3.44. The molecule has 0 unspecified atom stereocenters. The quantitative estimate of drug-likeness (QED) is 0.682. The first-order valence-corrected chi connectivity index (χ1v) is 8.22. The van der Waals surface area contributed by atoms with Crippen LogP contribution in [-0.4, -0.2) is 45.9 Å². The zero-order valence-corrected chi connectivity index (χ0v) is 15.1. The van der Waals surface area contributed by atoms with Gasteiger partial charge in [0.25, 0.3) is 5.91 Å². The molecule has 1 amide bonds. The zero-order chi connectivity index (χ0) is 18.4. The Balaban J connectivity index is 1.90. The van der Waals surface area contributed by atoms with Gasteiger partial charge in [0.05, 0.1) is 27.8 Å². The molecule has 7 nitrogen and oxygen atoms in total. The minimum atomic E-state index is -0.497. The van der Waals surface area contributed by atoms with E-state index in [9.17, 15) is 9.59 Å². The van der Waals surface area contributed by atoms with Crippen molar-refractivity contribution in [2.75, 3.05) is 27.9 Å². The highest BCUT2D eigenvalue weighted by Crippen LogP contribution is 2.38. The van der Waals surface area contributed by atoms with Crippen LogP contribution in [0.4, 0.5) is 0 Å². The van der Waals surface area contributed by atoms with Crippen molar-refractivity contribution < 1.29 is 28.5 Å². The molecule has 1 fully saturated rings. The predicted octanol–water partition coefficient (Wildman–Crippen LogP) is 1.71. The number of carbonyl (C=O) groups excluding carboxylic acids is 2. The van der Waals surface area contributed by atoms with Gasteiger partial charge in [-0.25, -0.2) is 0 Å².